The van der Waals surface area contributed by atoms with Crippen molar-refractivity contribution in [3.63, 3.8) is 0 Å². The van der Waals surface area contributed by atoms with E-state index < -0.39 is 0 Å². The summed E-state index contributed by atoms with van der Waals surface area (Å²) in [5, 5.41) is 1.17. The van der Waals surface area contributed by atoms with Gasteiger partial charge in [-0.2, -0.15) is 0 Å². The SMILES string of the molecule is C[C@@H]1C(=O)[C@@H](c2c[nH]c3ccccc23)[C@H]2[C@H]1CC/C(C=O)=C\CC2(C)C. The van der Waals surface area contributed by atoms with Gasteiger partial charge in [0.15, 0.2) is 0 Å². The Balaban J connectivity index is 1.84. The summed E-state index contributed by atoms with van der Waals surface area (Å²) >= 11 is 0. The quantitative estimate of drug-likeness (QED) is 0.772. The predicted octanol–water partition coefficient (Wildman–Crippen LogP) is 5.04. The van der Waals surface area contributed by atoms with Gasteiger partial charge in [-0.3, -0.25) is 9.59 Å². The topological polar surface area (TPSA) is 49.9 Å². The number of benzene rings is 1. The van der Waals surface area contributed by atoms with Gasteiger partial charge in [-0.05, 0) is 53.7 Å². The van der Waals surface area contributed by atoms with Gasteiger partial charge in [0.05, 0.1) is 0 Å². The van der Waals surface area contributed by atoms with Crippen LogP contribution in [0.4, 0.5) is 0 Å². The van der Waals surface area contributed by atoms with Crippen molar-refractivity contribution < 1.29 is 9.59 Å². The molecule has 2 aromatic rings. The molecule has 0 radical (unpaired) electrons. The summed E-state index contributed by atoms with van der Waals surface area (Å²) in [7, 11) is 0. The summed E-state index contributed by atoms with van der Waals surface area (Å²) in [5.74, 6) is 0.983. The summed E-state index contributed by atoms with van der Waals surface area (Å²) in [4.78, 5) is 28.1. The number of aromatic nitrogens is 1. The minimum Gasteiger partial charge on any atom is -0.361 e. The highest BCUT2D eigenvalue weighted by atomic mass is 16.1. The molecule has 2 aliphatic rings. The predicted molar refractivity (Wildman–Crippen MR) is 104 cm³/mol. The summed E-state index contributed by atoms with van der Waals surface area (Å²) in [6, 6.07) is 8.26. The number of rotatable bonds is 2. The van der Waals surface area contributed by atoms with E-state index >= 15 is 0 Å². The smallest absolute Gasteiger partial charge is 0.145 e. The maximum Gasteiger partial charge on any atom is 0.145 e. The maximum absolute atomic E-state index is 13.4. The zero-order valence-electron chi connectivity index (χ0n) is 15.8. The third kappa shape index (κ3) is 2.56. The number of allylic oxidation sites excluding steroid dienone is 2. The normalized spacial score (nSPS) is 33.2. The lowest BCUT2D eigenvalue weighted by Gasteiger charge is -2.40. The van der Waals surface area contributed by atoms with E-state index in [9.17, 15) is 9.59 Å². The molecule has 0 spiro atoms. The first-order valence-corrected chi connectivity index (χ1v) is 9.68. The van der Waals surface area contributed by atoms with Gasteiger partial charge in [-0.1, -0.05) is 45.0 Å². The molecule has 0 unspecified atom stereocenters. The lowest BCUT2D eigenvalue weighted by Crippen LogP contribution is -2.33. The molecule has 1 saturated carbocycles. The number of hydrogen-bond acceptors (Lipinski definition) is 2. The Kier molecular flexibility index (Phi) is 4.13. The van der Waals surface area contributed by atoms with Crippen molar-refractivity contribution in [1.29, 1.82) is 0 Å². The van der Waals surface area contributed by atoms with Gasteiger partial charge >= 0.3 is 0 Å². The van der Waals surface area contributed by atoms with Gasteiger partial charge in [0.25, 0.3) is 0 Å². The van der Waals surface area contributed by atoms with E-state index in [1.807, 2.05) is 18.3 Å². The molecule has 3 heteroatoms. The van der Waals surface area contributed by atoms with E-state index in [2.05, 4.69) is 44.0 Å². The number of carbonyl (C=O) groups excluding carboxylic acids is 2. The third-order valence-corrected chi connectivity index (χ3v) is 6.88. The fraction of sp³-hybridized carbons (Fsp3) is 0.478. The Labute approximate surface area is 154 Å². The standard InChI is InChI=1S/C23H27NO2/c1-14-16-9-8-15(13-25)10-11-23(2,3)21(16)20(22(14)26)18-12-24-19-7-5-4-6-17(18)19/h4-7,10,12-14,16,20-21,24H,8-9,11H2,1-3H3/b15-10+/t14-,16-,20-,21+/m0/s1. The summed E-state index contributed by atoms with van der Waals surface area (Å²) in [6.45, 7) is 6.63. The van der Waals surface area contributed by atoms with E-state index in [1.54, 1.807) is 0 Å². The summed E-state index contributed by atoms with van der Waals surface area (Å²) in [6.07, 6.45) is 7.70. The molecule has 2 aliphatic carbocycles. The van der Waals surface area contributed by atoms with Crippen molar-refractivity contribution in [2.75, 3.05) is 0 Å². The highest BCUT2D eigenvalue weighted by Gasteiger charge is 2.54. The molecule has 4 atom stereocenters. The van der Waals surface area contributed by atoms with Crippen LogP contribution in [0.15, 0.2) is 42.1 Å². The van der Waals surface area contributed by atoms with Crippen molar-refractivity contribution in [2.24, 2.45) is 23.2 Å². The van der Waals surface area contributed by atoms with E-state index in [0.29, 0.717) is 17.6 Å². The maximum atomic E-state index is 13.4. The molecule has 0 amide bonds. The fourth-order valence-electron chi connectivity index (χ4n) is 5.46. The number of H-pyrrole nitrogens is 1. The van der Waals surface area contributed by atoms with Gasteiger partial charge in [0.1, 0.15) is 12.1 Å². The van der Waals surface area contributed by atoms with Crippen LogP contribution < -0.4 is 0 Å². The number of aldehydes is 1. The van der Waals surface area contributed by atoms with Crippen LogP contribution in [0.2, 0.25) is 0 Å². The molecule has 4 rings (SSSR count). The monoisotopic (exact) mass is 349 g/mol. The van der Waals surface area contributed by atoms with E-state index in [0.717, 1.165) is 42.2 Å². The number of ketones is 1. The third-order valence-electron chi connectivity index (χ3n) is 6.88. The van der Waals surface area contributed by atoms with Gasteiger partial charge in [-0.15, -0.1) is 0 Å². The first kappa shape index (κ1) is 17.3. The van der Waals surface area contributed by atoms with E-state index in [-0.39, 0.29) is 17.3 Å². The number of nitrogens with one attached hydrogen (secondary N) is 1. The molecule has 0 aliphatic heterocycles. The molecule has 0 saturated heterocycles. The highest BCUT2D eigenvalue weighted by Crippen LogP contribution is 2.57. The Morgan fingerprint density at radius 2 is 2.00 bits per heavy atom. The summed E-state index contributed by atoms with van der Waals surface area (Å²) < 4.78 is 0. The molecular weight excluding hydrogens is 322 g/mol. The molecule has 1 fully saturated rings. The molecule has 1 aromatic heterocycles. The fourth-order valence-corrected chi connectivity index (χ4v) is 5.46. The number of hydrogen-bond donors (Lipinski definition) is 1. The molecule has 136 valence electrons. The zero-order chi connectivity index (χ0) is 18.5. The number of Topliss-reactive ketones (excluding diaryl/α,β-unsaturated/α-hetero) is 1. The van der Waals surface area contributed by atoms with Gasteiger partial charge in [0.2, 0.25) is 0 Å². The van der Waals surface area contributed by atoms with Crippen molar-refractivity contribution in [3.8, 4) is 0 Å². The Morgan fingerprint density at radius 3 is 2.77 bits per heavy atom. The first-order chi connectivity index (χ1) is 12.4. The minimum atomic E-state index is -0.0627. The molecule has 0 bridgehead atoms. The Hall–Kier alpha value is -2.16. The molecule has 26 heavy (non-hydrogen) atoms. The van der Waals surface area contributed by atoms with Crippen LogP contribution in [0, 0.1) is 23.2 Å². The van der Waals surface area contributed by atoms with Crippen molar-refractivity contribution in [2.45, 2.75) is 46.0 Å². The van der Waals surface area contributed by atoms with Crippen molar-refractivity contribution in [3.05, 3.63) is 47.7 Å². The Bertz CT molecular complexity index is 888. The number of para-hydroxylation sites is 1. The first-order valence-electron chi connectivity index (χ1n) is 9.68. The second kappa shape index (κ2) is 6.22. The lowest BCUT2D eigenvalue weighted by molar-refractivity contribution is -0.122. The molecule has 1 heterocycles. The number of aromatic amines is 1. The van der Waals surface area contributed by atoms with Crippen LogP contribution in [0.5, 0.6) is 0 Å². The molecular formula is C23H27NO2. The Morgan fingerprint density at radius 1 is 1.23 bits per heavy atom. The van der Waals surface area contributed by atoms with Crippen LogP contribution in [-0.4, -0.2) is 17.1 Å². The van der Waals surface area contributed by atoms with Crippen LogP contribution in [0.3, 0.4) is 0 Å². The lowest BCUT2D eigenvalue weighted by atomic mass is 9.63. The van der Waals surface area contributed by atoms with Crippen molar-refractivity contribution >= 4 is 23.0 Å². The van der Waals surface area contributed by atoms with Crippen LogP contribution in [-0.2, 0) is 9.59 Å². The second-order valence-corrected chi connectivity index (χ2v) is 8.78. The summed E-state index contributed by atoms with van der Waals surface area (Å²) in [5.41, 5.74) is 3.12. The average Bonchev–Trinajstić information content (AvgIpc) is 3.14. The van der Waals surface area contributed by atoms with Gasteiger partial charge in [-0.25, -0.2) is 0 Å². The highest BCUT2D eigenvalue weighted by molar-refractivity contribution is 5.96. The largest absolute Gasteiger partial charge is 0.361 e. The van der Waals surface area contributed by atoms with Crippen molar-refractivity contribution in [1.82, 2.24) is 4.98 Å². The van der Waals surface area contributed by atoms with Gasteiger partial charge < -0.3 is 4.98 Å². The number of fused-ring (bicyclic) bond motifs is 2. The number of carbonyl (C=O) groups is 2. The zero-order valence-corrected chi connectivity index (χ0v) is 15.8. The van der Waals surface area contributed by atoms with Crippen LogP contribution in [0.1, 0.15) is 51.5 Å². The van der Waals surface area contributed by atoms with Crippen LogP contribution >= 0.6 is 0 Å². The minimum absolute atomic E-state index is 0.0250. The van der Waals surface area contributed by atoms with E-state index in [1.165, 1.54) is 5.39 Å². The van der Waals surface area contributed by atoms with Crippen LogP contribution in [0.25, 0.3) is 10.9 Å². The molecule has 1 N–H and O–H groups in total. The molecule has 1 aromatic carbocycles. The molecule has 3 nitrogen and oxygen atoms in total. The van der Waals surface area contributed by atoms with E-state index in [4.69, 9.17) is 0 Å². The second-order valence-electron chi connectivity index (χ2n) is 8.78. The van der Waals surface area contributed by atoms with Gasteiger partial charge in [0, 0.05) is 28.9 Å². The average molecular weight is 349 g/mol.